The lowest BCUT2D eigenvalue weighted by Crippen LogP contribution is -2.35. The van der Waals surface area contributed by atoms with E-state index < -0.39 is 29.8 Å². The molecule has 0 spiro atoms. The Balaban J connectivity index is 2.23. The summed E-state index contributed by atoms with van der Waals surface area (Å²) in [6.07, 6.45) is -3.14. The molecule has 1 aromatic rings. The molecule has 1 aromatic carbocycles. The third-order valence-corrected chi connectivity index (χ3v) is 4.28. The Hall–Kier alpha value is -1.17. The molecule has 0 amide bonds. The van der Waals surface area contributed by atoms with E-state index in [0.29, 0.717) is 12.8 Å². The van der Waals surface area contributed by atoms with Crippen molar-refractivity contribution in [1.29, 1.82) is 0 Å². The van der Waals surface area contributed by atoms with Crippen molar-refractivity contribution in [3.8, 4) is 0 Å². The quantitative estimate of drug-likeness (QED) is 0.805. The highest BCUT2D eigenvalue weighted by atomic mass is 19.4. The highest BCUT2D eigenvalue weighted by Gasteiger charge is 2.43. The molecule has 0 bridgehead atoms. The molecule has 2 rings (SSSR count). The Bertz CT molecular complexity index is 485. The van der Waals surface area contributed by atoms with Crippen LogP contribution >= 0.6 is 0 Å². The molecule has 3 unspecified atom stereocenters. The number of benzene rings is 1. The minimum atomic E-state index is -4.22. The highest BCUT2D eigenvalue weighted by molar-refractivity contribution is 5.23. The van der Waals surface area contributed by atoms with Gasteiger partial charge in [-0.15, -0.1) is 0 Å². The van der Waals surface area contributed by atoms with Crippen molar-refractivity contribution in [2.75, 3.05) is 7.05 Å². The van der Waals surface area contributed by atoms with Gasteiger partial charge in [-0.2, -0.15) is 13.2 Å². The van der Waals surface area contributed by atoms with Crippen LogP contribution in [0.15, 0.2) is 18.2 Å². The van der Waals surface area contributed by atoms with Crippen LogP contribution in [0, 0.1) is 23.5 Å². The zero-order valence-electron chi connectivity index (χ0n) is 11.7. The van der Waals surface area contributed by atoms with Crippen LogP contribution in [0.2, 0.25) is 0 Å². The van der Waals surface area contributed by atoms with Crippen LogP contribution in [0.4, 0.5) is 22.0 Å². The van der Waals surface area contributed by atoms with E-state index in [1.165, 1.54) is 12.1 Å². The average molecular weight is 307 g/mol. The minimum absolute atomic E-state index is 0.0506. The van der Waals surface area contributed by atoms with E-state index in [2.05, 4.69) is 5.32 Å². The second-order valence-electron chi connectivity index (χ2n) is 5.57. The van der Waals surface area contributed by atoms with E-state index in [4.69, 9.17) is 0 Å². The molecule has 1 nitrogen and oxygen atoms in total. The lowest BCUT2D eigenvalue weighted by Gasteiger charge is -2.35. The minimum Gasteiger partial charge on any atom is -0.313 e. The molecule has 21 heavy (non-hydrogen) atoms. The fourth-order valence-electron chi connectivity index (χ4n) is 3.23. The maximum atomic E-state index is 13.9. The molecular weight excluding hydrogens is 289 g/mol. The van der Waals surface area contributed by atoms with Crippen LogP contribution in [-0.2, 0) is 0 Å². The zero-order chi connectivity index (χ0) is 15.6. The van der Waals surface area contributed by atoms with Crippen LogP contribution in [0.1, 0.15) is 37.3 Å². The monoisotopic (exact) mass is 307 g/mol. The van der Waals surface area contributed by atoms with Gasteiger partial charge in [0.2, 0.25) is 0 Å². The van der Waals surface area contributed by atoms with E-state index in [1.807, 2.05) is 0 Å². The molecule has 1 fully saturated rings. The molecule has 0 heterocycles. The van der Waals surface area contributed by atoms with Gasteiger partial charge in [0.25, 0.3) is 0 Å². The fraction of sp³-hybridized carbons (Fsp3) is 0.600. The van der Waals surface area contributed by atoms with Crippen molar-refractivity contribution in [2.24, 2.45) is 11.8 Å². The standard InChI is InChI=1S/C15H18F5N/c1-21-14(11-6-3-7-12(16)13(11)17)9-4-2-5-10(8-9)15(18,19)20/h3,6-7,9-10,14,21H,2,4-5,8H2,1H3. The lowest BCUT2D eigenvalue weighted by molar-refractivity contribution is -0.186. The Morgan fingerprint density at radius 3 is 2.52 bits per heavy atom. The Morgan fingerprint density at radius 2 is 1.90 bits per heavy atom. The van der Waals surface area contributed by atoms with Crippen LogP contribution in [0.3, 0.4) is 0 Å². The van der Waals surface area contributed by atoms with Crippen LogP contribution in [0.5, 0.6) is 0 Å². The second kappa shape index (κ2) is 6.30. The van der Waals surface area contributed by atoms with E-state index in [0.717, 1.165) is 6.07 Å². The summed E-state index contributed by atoms with van der Waals surface area (Å²) in [6, 6.07) is 3.20. The Labute approximate surface area is 120 Å². The Kier molecular flexibility index (Phi) is 4.86. The van der Waals surface area contributed by atoms with Gasteiger partial charge in [-0.05, 0) is 38.3 Å². The van der Waals surface area contributed by atoms with Crippen molar-refractivity contribution in [2.45, 2.75) is 37.9 Å². The smallest absolute Gasteiger partial charge is 0.313 e. The van der Waals surface area contributed by atoms with Crippen molar-refractivity contribution in [3.63, 3.8) is 0 Å². The molecular formula is C15H18F5N. The summed E-state index contributed by atoms with van der Waals surface area (Å²) in [7, 11) is 1.56. The topological polar surface area (TPSA) is 12.0 Å². The third kappa shape index (κ3) is 3.54. The van der Waals surface area contributed by atoms with Gasteiger partial charge in [0.15, 0.2) is 11.6 Å². The first-order valence-corrected chi connectivity index (χ1v) is 7.02. The third-order valence-electron chi connectivity index (χ3n) is 4.28. The first-order valence-electron chi connectivity index (χ1n) is 7.02. The van der Waals surface area contributed by atoms with E-state index in [-0.39, 0.29) is 24.3 Å². The van der Waals surface area contributed by atoms with Crippen molar-refractivity contribution < 1.29 is 22.0 Å². The van der Waals surface area contributed by atoms with E-state index in [9.17, 15) is 22.0 Å². The largest absolute Gasteiger partial charge is 0.391 e. The molecule has 0 radical (unpaired) electrons. The number of halogens is 5. The first-order chi connectivity index (χ1) is 9.84. The molecule has 118 valence electrons. The van der Waals surface area contributed by atoms with E-state index >= 15 is 0 Å². The molecule has 1 N–H and O–H groups in total. The van der Waals surface area contributed by atoms with Gasteiger partial charge < -0.3 is 5.32 Å². The number of hydrogen-bond donors (Lipinski definition) is 1. The van der Waals surface area contributed by atoms with Crippen LogP contribution < -0.4 is 5.32 Å². The van der Waals surface area contributed by atoms with Gasteiger partial charge in [-0.3, -0.25) is 0 Å². The second-order valence-corrected chi connectivity index (χ2v) is 5.57. The van der Waals surface area contributed by atoms with Gasteiger partial charge in [-0.1, -0.05) is 18.6 Å². The lowest BCUT2D eigenvalue weighted by atomic mass is 9.75. The first kappa shape index (κ1) is 16.2. The summed E-state index contributed by atoms with van der Waals surface area (Å²) >= 11 is 0. The molecule has 0 aliphatic heterocycles. The molecule has 6 heteroatoms. The molecule has 0 saturated heterocycles. The zero-order valence-corrected chi connectivity index (χ0v) is 11.7. The molecule has 0 aromatic heterocycles. The SMILES string of the molecule is CNC(c1cccc(F)c1F)C1CCCC(C(F)(F)F)C1. The summed E-state index contributed by atoms with van der Waals surface area (Å²) < 4.78 is 65.8. The molecule has 1 aliphatic rings. The van der Waals surface area contributed by atoms with Gasteiger partial charge in [0, 0.05) is 11.6 Å². The van der Waals surface area contributed by atoms with Gasteiger partial charge >= 0.3 is 6.18 Å². The predicted molar refractivity (Wildman–Crippen MR) is 69.7 cm³/mol. The number of nitrogens with one attached hydrogen (secondary N) is 1. The van der Waals surface area contributed by atoms with Crippen LogP contribution in [0.25, 0.3) is 0 Å². The molecule has 1 aliphatic carbocycles. The van der Waals surface area contributed by atoms with Crippen molar-refractivity contribution >= 4 is 0 Å². The summed E-state index contributed by atoms with van der Waals surface area (Å²) in [4.78, 5) is 0. The predicted octanol–water partition coefficient (Wildman–Crippen LogP) is 4.59. The maximum Gasteiger partial charge on any atom is 0.391 e. The van der Waals surface area contributed by atoms with Crippen molar-refractivity contribution in [3.05, 3.63) is 35.4 Å². The summed E-state index contributed by atoms with van der Waals surface area (Å²) in [5, 5.41) is 2.85. The summed E-state index contributed by atoms with van der Waals surface area (Å²) in [6.45, 7) is 0. The summed E-state index contributed by atoms with van der Waals surface area (Å²) in [5.41, 5.74) is 0.102. The molecule has 3 atom stereocenters. The maximum absolute atomic E-state index is 13.9. The van der Waals surface area contributed by atoms with Gasteiger partial charge in [0.05, 0.1) is 5.92 Å². The number of rotatable bonds is 3. The highest BCUT2D eigenvalue weighted by Crippen LogP contribution is 2.44. The average Bonchev–Trinajstić information content (AvgIpc) is 2.44. The van der Waals surface area contributed by atoms with E-state index in [1.54, 1.807) is 7.05 Å². The normalized spacial score (nSPS) is 24.9. The Morgan fingerprint density at radius 1 is 1.19 bits per heavy atom. The summed E-state index contributed by atoms with van der Waals surface area (Å²) in [5.74, 6) is -3.67. The number of alkyl halides is 3. The van der Waals surface area contributed by atoms with Gasteiger partial charge in [-0.25, -0.2) is 8.78 Å². The fourth-order valence-corrected chi connectivity index (χ4v) is 3.23. The van der Waals surface area contributed by atoms with Gasteiger partial charge in [0.1, 0.15) is 0 Å². The van der Waals surface area contributed by atoms with Crippen LogP contribution in [-0.4, -0.2) is 13.2 Å². The number of hydrogen-bond acceptors (Lipinski definition) is 1. The molecule has 1 saturated carbocycles. The van der Waals surface area contributed by atoms with Crippen molar-refractivity contribution in [1.82, 2.24) is 5.32 Å².